The highest BCUT2D eigenvalue weighted by Crippen LogP contribution is 2.27. The van der Waals surface area contributed by atoms with Crippen molar-refractivity contribution in [1.82, 2.24) is 9.80 Å². The first kappa shape index (κ1) is 26.0. The molecule has 0 aromatic heterocycles. The van der Waals surface area contributed by atoms with Gasteiger partial charge in [0.15, 0.2) is 0 Å². The Hall–Kier alpha value is -2.20. The molecule has 2 aromatic carbocycles. The second-order valence-corrected chi connectivity index (χ2v) is 11.4. The molecule has 0 radical (unpaired) electrons. The van der Waals surface area contributed by atoms with Crippen LogP contribution in [0.1, 0.15) is 11.1 Å². The van der Waals surface area contributed by atoms with Crippen molar-refractivity contribution in [3.05, 3.63) is 64.9 Å². The molecule has 0 aliphatic carbocycles. The monoisotopic (exact) mass is 521 g/mol. The van der Waals surface area contributed by atoms with E-state index in [-0.39, 0.29) is 10.7 Å². The first-order valence-corrected chi connectivity index (χ1v) is 14.5. The summed E-state index contributed by atoms with van der Waals surface area (Å²) in [5.41, 5.74) is 5.41. The Morgan fingerprint density at radius 1 is 0.737 bits per heavy atom. The van der Waals surface area contributed by atoms with Crippen molar-refractivity contribution in [3.63, 3.8) is 0 Å². The van der Waals surface area contributed by atoms with Gasteiger partial charge < -0.3 is 29.1 Å². The van der Waals surface area contributed by atoms with Gasteiger partial charge in [0.2, 0.25) is 0 Å². The SMILES string of the molecule is [O-][N+]1(CC(CN2CCc3ccccc3C2)N2CCOCC2)CCN(c2cccc(N3CCOCC3)c2)CC1. The first-order valence-electron chi connectivity index (χ1n) is 14.5. The van der Waals surface area contributed by atoms with Crippen molar-refractivity contribution >= 4 is 11.4 Å². The standard InChI is InChI=1S/C30H43N5O3/c36-35(16-10-32(11-17-35)28-6-3-7-29(22-28)33-12-18-37-19-13-33)25-30(34-14-20-38-21-15-34)24-31-9-8-26-4-1-2-5-27(26)23-31/h1-7,22,30H,8-21,23-25H2. The zero-order chi connectivity index (χ0) is 25.8. The Labute approximate surface area is 227 Å². The van der Waals surface area contributed by atoms with E-state index in [1.807, 2.05) is 0 Å². The molecule has 206 valence electrons. The van der Waals surface area contributed by atoms with Crippen LogP contribution in [0, 0.1) is 5.21 Å². The van der Waals surface area contributed by atoms with Gasteiger partial charge in [-0.2, -0.15) is 0 Å². The van der Waals surface area contributed by atoms with E-state index in [4.69, 9.17) is 9.47 Å². The van der Waals surface area contributed by atoms with Crippen LogP contribution in [0.2, 0.25) is 0 Å². The second-order valence-electron chi connectivity index (χ2n) is 11.4. The lowest BCUT2D eigenvalue weighted by atomic mass is 9.99. The lowest BCUT2D eigenvalue weighted by Crippen LogP contribution is -2.63. The fraction of sp³-hybridized carbons (Fsp3) is 0.600. The third-order valence-corrected chi connectivity index (χ3v) is 8.91. The summed E-state index contributed by atoms with van der Waals surface area (Å²) in [6, 6.07) is 17.9. The van der Waals surface area contributed by atoms with Crippen molar-refractivity contribution < 1.29 is 14.1 Å². The zero-order valence-electron chi connectivity index (χ0n) is 22.7. The quantitative estimate of drug-likeness (QED) is 0.410. The molecule has 1 unspecified atom stereocenters. The van der Waals surface area contributed by atoms with Gasteiger partial charge >= 0.3 is 0 Å². The molecule has 8 heteroatoms. The summed E-state index contributed by atoms with van der Waals surface area (Å²) in [5.74, 6) is 0. The lowest BCUT2D eigenvalue weighted by molar-refractivity contribution is -0.883. The predicted octanol–water partition coefficient (Wildman–Crippen LogP) is 2.42. The Morgan fingerprint density at radius 3 is 2.08 bits per heavy atom. The average molecular weight is 522 g/mol. The van der Waals surface area contributed by atoms with E-state index in [1.54, 1.807) is 0 Å². The van der Waals surface area contributed by atoms with Crippen LogP contribution in [0.4, 0.5) is 11.4 Å². The van der Waals surface area contributed by atoms with Crippen molar-refractivity contribution in [2.75, 3.05) is 108 Å². The molecule has 0 amide bonds. The predicted molar refractivity (Wildman–Crippen MR) is 152 cm³/mol. The van der Waals surface area contributed by atoms with Gasteiger partial charge in [0.25, 0.3) is 0 Å². The van der Waals surface area contributed by atoms with E-state index in [0.29, 0.717) is 19.6 Å². The normalized spacial score (nSPS) is 23.7. The molecule has 8 nitrogen and oxygen atoms in total. The minimum Gasteiger partial charge on any atom is -0.633 e. The zero-order valence-corrected chi connectivity index (χ0v) is 22.7. The molecule has 3 fully saturated rings. The minimum atomic E-state index is -0.0912. The van der Waals surface area contributed by atoms with Crippen LogP contribution >= 0.6 is 0 Å². The molecule has 6 rings (SSSR count). The number of rotatable bonds is 7. The van der Waals surface area contributed by atoms with E-state index in [1.165, 1.54) is 22.5 Å². The summed E-state index contributed by atoms with van der Waals surface area (Å²) in [7, 11) is 0. The summed E-state index contributed by atoms with van der Waals surface area (Å²) in [6.07, 6.45) is 1.10. The van der Waals surface area contributed by atoms with Gasteiger partial charge in [-0.05, 0) is 35.7 Å². The highest BCUT2D eigenvalue weighted by molar-refractivity contribution is 5.59. The molecule has 0 bridgehead atoms. The number of nitrogens with zero attached hydrogens (tertiary/aromatic N) is 5. The maximum atomic E-state index is 14.1. The summed E-state index contributed by atoms with van der Waals surface area (Å²) in [5, 5.41) is 14.1. The number of hydrogen-bond donors (Lipinski definition) is 0. The molecular formula is C30H43N5O3. The smallest absolute Gasteiger partial charge is 0.0962 e. The molecule has 4 aliphatic heterocycles. The maximum Gasteiger partial charge on any atom is 0.0962 e. The summed E-state index contributed by atoms with van der Waals surface area (Å²) < 4.78 is 11.1. The van der Waals surface area contributed by atoms with Crippen molar-refractivity contribution in [2.45, 2.75) is 19.0 Å². The number of benzene rings is 2. The van der Waals surface area contributed by atoms with Crippen LogP contribution in [0.25, 0.3) is 0 Å². The average Bonchev–Trinajstić information content (AvgIpc) is 2.98. The number of fused-ring (bicyclic) bond motifs is 1. The van der Waals surface area contributed by atoms with Crippen molar-refractivity contribution in [3.8, 4) is 0 Å². The first-order chi connectivity index (χ1) is 18.7. The molecule has 38 heavy (non-hydrogen) atoms. The number of hydroxylamine groups is 3. The van der Waals surface area contributed by atoms with Crippen LogP contribution in [0.5, 0.6) is 0 Å². The number of anilines is 2. The fourth-order valence-corrected chi connectivity index (χ4v) is 6.60. The van der Waals surface area contributed by atoms with Gasteiger partial charge in [-0.15, -0.1) is 0 Å². The molecule has 1 atom stereocenters. The van der Waals surface area contributed by atoms with Gasteiger partial charge in [0.05, 0.1) is 65.2 Å². The molecule has 0 spiro atoms. The highest BCUT2D eigenvalue weighted by atomic mass is 16.5. The van der Waals surface area contributed by atoms with Crippen LogP contribution < -0.4 is 9.80 Å². The lowest BCUT2D eigenvalue weighted by Gasteiger charge is -2.52. The fourth-order valence-electron chi connectivity index (χ4n) is 6.60. The topological polar surface area (TPSA) is 54.5 Å². The van der Waals surface area contributed by atoms with E-state index in [2.05, 4.69) is 68.1 Å². The number of hydrogen-bond acceptors (Lipinski definition) is 7. The Balaban J connectivity index is 1.09. The van der Waals surface area contributed by atoms with Crippen LogP contribution in [0.15, 0.2) is 48.5 Å². The molecule has 3 saturated heterocycles. The van der Waals surface area contributed by atoms with Gasteiger partial charge in [-0.1, -0.05) is 30.3 Å². The van der Waals surface area contributed by atoms with E-state index in [9.17, 15) is 5.21 Å². The second kappa shape index (κ2) is 11.9. The van der Waals surface area contributed by atoms with Gasteiger partial charge in [0, 0.05) is 57.2 Å². The van der Waals surface area contributed by atoms with E-state index < -0.39 is 0 Å². The number of quaternary nitrogens is 1. The van der Waals surface area contributed by atoms with Crippen molar-refractivity contribution in [2.24, 2.45) is 0 Å². The minimum absolute atomic E-state index is 0.0912. The Morgan fingerprint density at radius 2 is 1.37 bits per heavy atom. The van der Waals surface area contributed by atoms with Crippen LogP contribution in [-0.2, 0) is 22.4 Å². The number of morpholine rings is 2. The Kier molecular flexibility index (Phi) is 8.16. The maximum absolute atomic E-state index is 14.1. The molecule has 0 N–H and O–H groups in total. The molecule has 0 saturated carbocycles. The third kappa shape index (κ3) is 6.17. The summed E-state index contributed by atoms with van der Waals surface area (Å²) in [4.78, 5) is 9.91. The van der Waals surface area contributed by atoms with Crippen LogP contribution in [0.3, 0.4) is 0 Å². The number of ether oxygens (including phenoxy) is 2. The number of piperazine rings is 1. The van der Waals surface area contributed by atoms with Crippen molar-refractivity contribution in [1.29, 1.82) is 0 Å². The van der Waals surface area contributed by atoms with Gasteiger partial charge in [-0.25, -0.2) is 0 Å². The largest absolute Gasteiger partial charge is 0.633 e. The summed E-state index contributed by atoms with van der Waals surface area (Å²) >= 11 is 0. The highest BCUT2D eigenvalue weighted by Gasteiger charge is 2.34. The third-order valence-electron chi connectivity index (χ3n) is 8.91. The van der Waals surface area contributed by atoms with E-state index in [0.717, 1.165) is 91.8 Å². The summed E-state index contributed by atoms with van der Waals surface area (Å²) in [6.45, 7) is 13.4. The molecule has 4 heterocycles. The molecule has 4 aliphatic rings. The van der Waals surface area contributed by atoms with E-state index >= 15 is 0 Å². The van der Waals surface area contributed by atoms with Gasteiger partial charge in [-0.3, -0.25) is 9.80 Å². The van der Waals surface area contributed by atoms with Crippen LogP contribution in [-0.4, -0.2) is 119 Å². The molecular weight excluding hydrogens is 478 g/mol. The Bertz CT molecular complexity index is 1050. The molecule has 2 aromatic rings. The van der Waals surface area contributed by atoms with Gasteiger partial charge in [0.1, 0.15) is 0 Å².